The van der Waals surface area contributed by atoms with Gasteiger partial charge in [-0.25, -0.2) is 0 Å². The average molecular weight is 265 g/mol. The van der Waals surface area contributed by atoms with Crippen LogP contribution in [-0.4, -0.2) is 13.0 Å². The Balaban J connectivity index is 2.04. The number of benzene rings is 2. The fourth-order valence-electron chi connectivity index (χ4n) is 3.28. The van der Waals surface area contributed by atoms with Crippen molar-refractivity contribution in [1.29, 1.82) is 0 Å². The van der Waals surface area contributed by atoms with Crippen molar-refractivity contribution >= 4 is 5.91 Å². The quantitative estimate of drug-likeness (QED) is 0.902. The third-order valence-electron chi connectivity index (χ3n) is 4.24. The first-order valence-corrected chi connectivity index (χ1v) is 7.11. The molecule has 3 rings (SSSR count). The van der Waals surface area contributed by atoms with Gasteiger partial charge in [0.1, 0.15) is 0 Å². The van der Waals surface area contributed by atoms with E-state index < -0.39 is 0 Å². The summed E-state index contributed by atoms with van der Waals surface area (Å²) in [4.78, 5) is 11.6. The summed E-state index contributed by atoms with van der Waals surface area (Å²) in [6, 6.07) is 15.0. The summed E-state index contributed by atoms with van der Waals surface area (Å²) in [7, 11) is 1.70. The van der Waals surface area contributed by atoms with Crippen molar-refractivity contribution in [2.45, 2.75) is 25.7 Å². The van der Waals surface area contributed by atoms with Gasteiger partial charge in [0.25, 0.3) is 0 Å². The van der Waals surface area contributed by atoms with E-state index >= 15 is 0 Å². The number of carbonyl (C=O) groups is 1. The third kappa shape index (κ3) is 2.01. The molecule has 0 spiro atoms. The number of amides is 1. The van der Waals surface area contributed by atoms with Gasteiger partial charge >= 0.3 is 0 Å². The van der Waals surface area contributed by atoms with E-state index in [9.17, 15) is 4.79 Å². The maximum Gasteiger partial charge on any atom is 0.219 e. The molecule has 1 amide bonds. The molecule has 0 heterocycles. The predicted octanol–water partition coefficient (Wildman–Crippen LogP) is 3.63. The molecule has 1 unspecified atom stereocenters. The molecule has 0 aromatic heterocycles. The number of nitrogens with one attached hydrogen (secondary N) is 1. The van der Waals surface area contributed by atoms with Gasteiger partial charge in [0.2, 0.25) is 5.91 Å². The lowest BCUT2D eigenvalue weighted by Gasteiger charge is -2.15. The Morgan fingerprint density at radius 3 is 2.65 bits per heavy atom. The fraction of sp³-hybridized carbons (Fsp3) is 0.278. The van der Waals surface area contributed by atoms with Gasteiger partial charge in [-0.3, -0.25) is 4.79 Å². The van der Waals surface area contributed by atoms with E-state index in [2.05, 4.69) is 54.7 Å². The number of rotatable bonds is 3. The SMILES string of the molecule is CNC(=O)CCC1c2ccccc2-c2cccc(C)c21. The number of fused-ring (bicyclic) bond motifs is 3. The first-order valence-electron chi connectivity index (χ1n) is 7.11. The topological polar surface area (TPSA) is 29.1 Å². The Morgan fingerprint density at radius 2 is 1.85 bits per heavy atom. The van der Waals surface area contributed by atoms with Gasteiger partial charge in [-0.15, -0.1) is 0 Å². The Morgan fingerprint density at radius 1 is 1.10 bits per heavy atom. The van der Waals surface area contributed by atoms with Gasteiger partial charge in [0, 0.05) is 19.4 Å². The molecule has 2 aromatic carbocycles. The van der Waals surface area contributed by atoms with Crippen LogP contribution in [0.15, 0.2) is 42.5 Å². The van der Waals surface area contributed by atoms with Crippen molar-refractivity contribution in [2.24, 2.45) is 0 Å². The normalized spacial score (nSPS) is 15.6. The second-order valence-corrected chi connectivity index (χ2v) is 5.39. The van der Waals surface area contributed by atoms with Crippen LogP contribution in [0.25, 0.3) is 11.1 Å². The minimum Gasteiger partial charge on any atom is -0.359 e. The van der Waals surface area contributed by atoms with Gasteiger partial charge in [0.15, 0.2) is 0 Å². The molecule has 1 N–H and O–H groups in total. The average Bonchev–Trinajstić information content (AvgIpc) is 2.80. The van der Waals surface area contributed by atoms with E-state index in [0.717, 1.165) is 6.42 Å². The van der Waals surface area contributed by atoms with Crippen LogP contribution in [0.2, 0.25) is 0 Å². The molecule has 0 saturated carbocycles. The van der Waals surface area contributed by atoms with Crippen LogP contribution in [-0.2, 0) is 4.79 Å². The number of hydrogen-bond donors (Lipinski definition) is 1. The molecule has 0 fully saturated rings. The second-order valence-electron chi connectivity index (χ2n) is 5.39. The summed E-state index contributed by atoms with van der Waals surface area (Å²) in [5.74, 6) is 0.462. The highest BCUT2D eigenvalue weighted by Gasteiger charge is 2.29. The van der Waals surface area contributed by atoms with Crippen LogP contribution in [0.4, 0.5) is 0 Å². The Bertz CT molecular complexity index is 660. The molecule has 0 radical (unpaired) electrons. The van der Waals surface area contributed by atoms with Gasteiger partial charge in [-0.2, -0.15) is 0 Å². The van der Waals surface area contributed by atoms with Crippen molar-refractivity contribution in [3.05, 3.63) is 59.2 Å². The molecule has 0 saturated heterocycles. The molecule has 2 nitrogen and oxygen atoms in total. The number of hydrogen-bond acceptors (Lipinski definition) is 1. The van der Waals surface area contributed by atoms with Crippen molar-refractivity contribution < 1.29 is 4.79 Å². The fourth-order valence-corrected chi connectivity index (χ4v) is 3.28. The highest BCUT2D eigenvalue weighted by molar-refractivity contribution is 5.81. The minimum absolute atomic E-state index is 0.115. The Kier molecular flexibility index (Phi) is 3.31. The predicted molar refractivity (Wildman–Crippen MR) is 81.8 cm³/mol. The summed E-state index contributed by atoms with van der Waals surface area (Å²) < 4.78 is 0. The molecular weight excluding hydrogens is 246 g/mol. The summed E-state index contributed by atoms with van der Waals surface area (Å²) >= 11 is 0. The maximum atomic E-state index is 11.6. The van der Waals surface area contributed by atoms with Gasteiger partial charge in [0.05, 0.1) is 0 Å². The zero-order chi connectivity index (χ0) is 14.1. The lowest BCUT2D eigenvalue weighted by molar-refractivity contribution is -0.120. The van der Waals surface area contributed by atoms with Gasteiger partial charge in [-0.05, 0) is 41.2 Å². The van der Waals surface area contributed by atoms with Gasteiger partial charge in [-0.1, -0.05) is 42.5 Å². The molecule has 0 aliphatic heterocycles. The van der Waals surface area contributed by atoms with Crippen LogP contribution >= 0.6 is 0 Å². The van der Waals surface area contributed by atoms with Crippen LogP contribution in [0.5, 0.6) is 0 Å². The van der Waals surface area contributed by atoms with Crippen LogP contribution < -0.4 is 5.32 Å². The standard InChI is InChI=1S/C18H19NO/c1-12-6-5-9-15-13-7-3-4-8-14(13)16(18(12)15)10-11-17(20)19-2/h3-9,16H,10-11H2,1-2H3,(H,19,20). The number of aryl methyl sites for hydroxylation is 1. The number of carbonyl (C=O) groups excluding carboxylic acids is 1. The zero-order valence-electron chi connectivity index (χ0n) is 11.9. The van der Waals surface area contributed by atoms with Crippen LogP contribution in [0, 0.1) is 6.92 Å². The van der Waals surface area contributed by atoms with Crippen molar-refractivity contribution in [1.82, 2.24) is 5.32 Å². The van der Waals surface area contributed by atoms with Crippen molar-refractivity contribution in [3.8, 4) is 11.1 Å². The van der Waals surface area contributed by atoms with E-state index in [-0.39, 0.29) is 5.91 Å². The molecular formula is C18H19NO. The molecule has 2 aromatic rings. The molecule has 1 atom stereocenters. The van der Waals surface area contributed by atoms with E-state index in [0.29, 0.717) is 12.3 Å². The third-order valence-corrected chi connectivity index (χ3v) is 4.24. The lowest BCUT2D eigenvalue weighted by atomic mass is 9.89. The monoisotopic (exact) mass is 265 g/mol. The van der Waals surface area contributed by atoms with E-state index in [1.54, 1.807) is 7.05 Å². The van der Waals surface area contributed by atoms with Crippen LogP contribution in [0.3, 0.4) is 0 Å². The molecule has 2 heteroatoms. The van der Waals surface area contributed by atoms with Gasteiger partial charge < -0.3 is 5.32 Å². The molecule has 0 bridgehead atoms. The summed E-state index contributed by atoms with van der Waals surface area (Å²) in [6.07, 6.45) is 1.44. The van der Waals surface area contributed by atoms with E-state index in [1.165, 1.54) is 27.8 Å². The summed E-state index contributed by atoms with van der Waals surface area (Å²) in [5, 5.41) is 2.71. The molecule has 102 valence electrons. The molecule has 1 aliphatic rings. The largest absolute Gasteiger partial charge is 0.359 e. The molecule has 1 aliphatic carbocycles. The highest BCUT2D eigenvalue weighted by Crippen LogP contribution is 2.47. The van der Waals surface area contributed by atoms with E-state index in [1.807, 2.05) is 0 Å². The second kappa shape index (κ2) is 5.12. The zero-order valence-corrected chi connectivity index (χ0v) is 11.9. The van der Waals surface area contributed by atoms with Crippen molar-refractivity contribution in [3.63, 3.8) is 0 Å². The van der Waals surface area contributed by atoms with Crippen LogP contribution in [0.1, 0.15) is 35.4 Å². The van der Waals surface area contributed by atoms with E-state index in [4.69, 9.17) is 0 Å². The Hall–Kier alpha value is -2.09. The van der Waals surface area contributed by atoms with Crippen molar-refractivity contribution in [2.75, 3.05) is 7.05 Å². The first-order chi connectivity index (χ1) is 9.72. The molecule has 20 heavy (non-hydrogen) atoms. The first kappa shape index (κ1) is 12.9. The smallest absolute Gasteiger partial charge is 0.219 e. The Labute approximate surface area is 119 Å². The lowest BCUT2D eigenvalue weighted by Crippen LogP contribution is -2.18. The summed E-state index contributed by atoms with van der Waals surface area (Å²) in [5.41, 5.74) is 6.74. The minimum atomic E-state index is 0.115. The highest BCUT2D eigenvalue weighted by atomic mass is 16.1. The summed E-state index contributed by atoms with van der Waals surface area (Å²) in [6.45, 7) is 2.16. The maximum absolute atomic E-state index is 11.6.